The Morgan fingerprint density at radius 1 is 1.62 bits per heavy atom. The Morgan fingerprint density at radius 2 is 2.38 bits per heavy atom. The van der Waals surface area contributed by atoms with Crippen molar-refractivity contribution in [1.82, 2.24) is 4.31 Å². The van der Waals surface area contributed by atoms with Gasteiger partial charge in [0.2, 0.25) is 0 Å². The second kappa shape index (κ2) is 7.35. The molecule has 0 unspecified atom stereocenters. The van der Waals surface area contributed by atoms with E-state index in [0.717, 1.165) is 23.4 Å². The summed E-state index contributed by atoms with van der Waals surface area (Å²) in [6, 6.07) is 1.57. The second-order valence-corrected chi connectivity index (χ2v) is 8.47. The third-order valence-electron chi connectivity index (χ3n) is 2.92. The monoisotopic (exact) mass is 356 g/mol. The Hall–Kier alpha value is -0.240. The van der Waals surface area contributed by atoms with Crippen molar-refractivity contribution < 1.29 is 27.6 Å². The van der Waals surface area contributed by atoms with Crippen LogP contribution in [0, 0.1) is 0 Å². The number of fused-ring (bicyclic) bond motifs is 1. The number of ether oxygens (including phenoxy) is 1. The summed E-state index contributed by atoms with van der Waals surface area (Å²) in [5.41, 5.74) is 0.381. The van der Waals surface area contributed by atoms with Gasteiger partial charge in [-0.05, 0) is 12.5 Å². The maximum Gasteiger partial charge on any atom is 0.253 e. The number of thiophene rings is 1. The highest BCUT2D eigenvalue weighted by Crippen LogP contribution is 2.42. The Balaban J connectivity index is 2.22. The first kappa shape index (κ1) is 17.1. The smallest absolute Gasteiger partial charge is 0.253 e. The highest BCUT2D eigenvalue weighted by molar-refractivity contribution is 7.97. The number of aliphatic hydroxyl groups is 1. The lowest BCUT2D eigenvalue weighted by Gasteiger charge is -2.29. The van der Waals surface area contributed by atoms with Crippen LogP contribution >= 0.6 is 23.4 Å². The minimum atomic E-state index is -3.61. The van der Waals surface area contributed by atoms with Gasteiger partial charge in [-0.1, -0.05) is 0 Å². The minimum absolute atomic E-state index is 0.0358. The number of hydrogen-bond acceptors (Lipinski definition) is 9. The van der Waals surface area contributed by atoms with E-state index in [9.17, 15) is 13.5 Å². The van der Waals surface area contributed by atoms with Crippen LogP contribution in [0.15, 0.2) is 14.5 Å². The van der Waals surface area contributed by atoms with Crippen molar-refractivity contribution in [2.75, 3.05) is 26.8 Å². The highest BCUT2D eigenvalue weighted by Gasteiger charge is 2.38. The SMILES string of the molecule is COCCCN1C[C@@H](O)c2cc(SOON)sc2S1(=O)=O. The molecular weight excluding hydrogens is 340 g/mol. The lowest BCUT2D eigenvalue weighted by atomic mass is 10.2. The molecule has 2 rings (SSSR count). The van der Waals surface area contributed by atoms with E-state index in [2.05, 4.69) is 9.32 Å². The van der Waals surface area contributed by atoms with Crippen molar-refractivity contribution in [3.63, 3.8) is 0 Å². The zero-order valence-electron chi connectivity index (χ0n) is 11.2. The number of nitrogens with zero attached hydrogens (tertiary/aromatic N) is 1. The van der Waals surface area contributed by atoms with E-state index >= 15 is 0 Å². The summed E-state index contributed by atoms with van der Waals surface area (Å²) in [6.45, 7) is 0.797. The van der Waals surface area contributed by atoms with Gasteiger partial charge in [0, 0.05) is 32.4 Å². The average Bonchev–Trinajstić information content (AvgIpc) is 2.88. The Labute approximate surface area is 130 Å². The molecule has 1 aliphatic heterocycles. The standard InChI is InChI=1S/C10H16N2O6S3/c1-16-4-2-3-12-6-8(13)7-5-9(20-18-17-11)19-10(7)21(12,14)15/h5,8,13H,2-4,6,11H2,1H3/t8-/m1/s1. The number of β-amino-alcohol motifs (C(OH)–C–C–N with tert-alkyl or cyclic N) is 1. The van der Waals surface area contributed by atoms with Gasteiger partial charge in [-0.2, -0.15) is 10.2 Å². The largest absolute Gasteiger partial charge is 0.387 e. The number of hydrogen-bond donors (Lipinski definition) is 2. The molecule has 0 saturated heterocycles. The molecule has 0 amide bonds. The van der Waals surface area contributed by atoms with E-state index in [1.165, 1.54) is 4.31 Å². The van der Waals surface area contributed by atoms with Crippen molar-refractivity contribution in [3.8, 4) is 0 Å². The highest BCUT2D eigenvalue weighted by atomic mass is 32.3. The molecule has 0 saturated carbocycles. The second-order valence-electron chi connectivity index (χ2n) is 4.28. The quantitative estimate of drug-likeness (QED) is 0.317. The van der Waals surface area contributed by atoms with E-state index in [-0.39, 0.29) is 10.8 Å². The maximum absolute atomic E-state index is 12.5. The lowest BCUT2D eigenvalue weighted by molar-refractivity contribution is -0.195. The van der Waals surface area contributed by atoms with Crippen LogP contribution in [0.3, 0.4) is 0 Å². The van der Waals surface area contributed by atoms with Gasteiger partial charge in [0.25, 0.3) is 10.0 Å². The van der Waals surface area contributed by atoms with E-state index in [4.69, 9.17) is 10.6 Å². The van der Waals surface area contributed by atoms with Crippen molar-refractivity contribution in [2.24, 2.45) is 5.90 Å². The van der Waals surface area contributed by atoms with Crippen molar-refractivity contribution in [2.45, 2.75) is 20.9 Å². The van der Waals surface area contributed by atoms with Crippen molar-refractivity contribution in [1.29, 1.82) is 0 Å². The van der Waals surface area contributed by atoms with E-state index < -0.39 is 16.1 Å². The Kier molecular flexibility index (Phi) is 5.99. The summed E-state index contributed by atoms with van der Waals surface area (Å²) in [5.74, 6) is 4.74. The summed E-state index contributed by atoms with van der Waals surface area (Å²) in [5, 5.41) is 10.1. The fourth-order valence-corrected chi connectivity index (χ4v) is 6.03. The summed E-state index contributed by atoms with van der Waals surface area (Å²) in [6.07, 6.45) is -0.301. The van der Waals surface area contributed by atoms with Crippen LogP contribution in [0.5, 0.6) is 0 Å². The molecule has 0 aromatic carbocycles. The van der Waals surface area contributed by atoms with E-state index in [1.54, 1.807) is 13.2 Å². The fourth-order valence-electron chi connectivity index (χ4n) is 2.00. The molecule has 0 bridgehead atoms. The van der Waals surface area contributed by atoms with Gasteiger partial charge in [-0.15, -0.1) is 20.7 Å². The fraction of sp³-hybridized carbons (Fsp3) is 0.600. The number of aliphatic hydroxyl groups excluding tert-OH is 1. The third kappa shape index (κ3) is 3.75. The molecule has 2 heterocycles. The van der Waals surface area contributed by atoms with Gasteiger partial charge in [0.1, 0.15) is 4.21 Å². The topological polar surface area (TPSA) is 111 Å². The lowest BCUT2D eigenvalue weighted by Crippen LogP contribution is -2.39. The van der Waals surface area contributed by atoms with Crippen LogP contribution in [0.2, 0.25) is 0 Å². The first-order chi connectivity index (χ1) is 10.0. The Bertz CT molecular complexity index is 575. The molecule has 21 heavy (non-hydrogen) atoms. The summed E-state index contributed by atoms with van der Waals surface area (Å²) < 4.78 is 36.4. The molecule has 8 nitrogen and oxygen atoms in total. The van der Waals surface area contributed by atoms with Crippen LogP contribution in [-0.2, 0) is 24.1 Å². The number of rotatable bonds is 7. The molecule has 0 fully saturated rings. The van der Waals surface area contributed by atoms with Crippen molar-refractivity contribution >= 4 is 33.4 Å². The maximum atomic E-state index is 12.5. The molecule has 0 radical (unpaired) electrons. The van der Waals surface area contributed by atoms with Gasteiger partial charge < -0.3 is 9.84 Å². The molecule has 0 spiro atoms. The molecule has 1 aliphatic rings. The minimum Gasteiger partial charge on any atom is -0.387 e. The third-order valence-corrected chi connectivity index (χ3v) is 7.14. The summed E-state index contributed by atoms with van der Waals surface area (Å²) >= 11 is 1.81. The summed E-state index contributed by atoms with van der Waals surface area (Å²) in [7, 11) is -2.05. The number of sulfonamides is 1. The van der Waals surface area contributed by atoms with E-state index in [1.807, 2.05) is 0 Å². The van der Waals surface area contributed by atoms with Gasteiger partial charge >= 0.3 is 0 Å². The zero-order valence-corrected chi connectivity index (χ0v) is 13.7. The van der Waals surface area contributed by atoms with Gasteiger partial charge in [-0.3, -0.25) is 0 Å². The zero-order chi connectivity index (χ0) is 15.5. The van der Waals surface area contributed by atoms with Gasteiger partial charge in [0.05, 0.1) is 22.4 Å². The molecular formula is C10H16N2O6S3. The molecule has 11 heteroatoms. The molecule has 120 valence electrons. The van der Waals surface area contributed by atoms with Gasteiger partial charge in [0.15, 0.2) is 0 Å². The first-order valence-electron chi connectivity index (χ1n) is 6.01. The van der Waals surface area contributed by atoms with Crippen LogP contribution in [0.1, 0.15) is 18.1 Å². The van der Waals surface area contributed by atoms with Crippen LogP contribution in [0.4, 0.5) is 0 Å². The molecule has 1 aromatic rings. The first-order valence-corrected chi connectivity index (χ1v) is 9.01. The number of methoxy groups -OCH3 is 1. The molecule has 1 atom stereocenters. The number of nitrogens with two attached hydrogens (primary N) is 1. The summed E-state index contributed by atoms with van der Waals surface area (Å²) in [4.78, 5) is 3.98. The van der Waals surface area contributed by atoms with E-state index in [0.29, 0.717) is 29.3 Å². The van der Waals surface area contributed by atoms with Crippen LogP contribution < -0.4 is 5.90 Å². The van der Waals surface area contributed by atoms with Crippen molar-refractivity contribution in [3.05, 3.63) is 11.6 Å². The van der Waals surface area contributed by atoms with Crippen LogP contribution in [-0.4, -0.2) is 44.6 Å². The predicted octanol–water partition coefficient (Wildman–Crippen LogP) is 0.651. The Morgan fingerprint density at radius 3 is 3.05 bits per heavy atom. The molecule has 0 aliphatic carbocycles. The average molecular weight is 356 g/mol. The molecule has 3 N–H and O–H groups in total. The van der Waals surface area contributed by atoms with Gasteiger partial charge in [-0.25, -0.2) is 8.42 Å². The normalized spacial score (nSPS) is 21.4. The van der Waals surface area contributed by atoms with Crippen LogP contribution in [0.25, 0.3) is 0 Å². The molecule has 1 aromatic heterocycles. The predicted molar refractivity (Wildman–Crippen MR) is 76.7 cm³/mol.